The molecule has 74 valence electrons. The van der Waals surface area contributed by atoms with E-state index >= 15 is 0 Å². The van der Waals surface area contributed by atoms with Gasteiger partial charge >= 0.3 is 0 Å². The standard InChI is InChI=1S/C13H9ClO/c14-11-3-1-8-5-9-2-4-13(15)12(9)7-10(8)6-11/h1,3,5-7H,2,4H2. The monoisotopic (exact) mass is 216 g/mol. The second kappa shape index (κ2) is 3.07. The number of carbonyl (C=O) groups is 1. The molecule has 0 bridgehead atoms. The van der Waals surface area contributed by atoms with E-state index in [0.717, 1.165) is 22.8 Å². The molecule has 15 heavy (non-hydrogen) atoms. The second-order valence-electron chi connectivity index (χ2n) is 3.92. The number of rotatable bonds is 0. The maximum atomic E-state index is 11.6. The molecule has 2 heteroatoms. The lowest BCUT2D eigenvalue weighted by Crippen LogP contribution is -1.90. The van der Waals surface area contributed by atoms with E-state index in [1.54, 1.807) is 0 Å². The summed E-state index contributed by atoms with van der Waals surface area (Å²) < 4.78 is 0. The molecule has 1 aliphatic rings. The van der Waals surface area contributed by atoms with Gasteiger partial charge in [-0.15, -0.1) is 0 Å². The molecule has 0 fully saturated rings. The number of fused-ring (bicyclic) bond motifs is 2. The summed E-state index contributed by atoms with van der Waals surface area (Å²) in [6.07, 6.45) is 1.53. The highest BCUT2D eigenvalue weighted by Crippen LogP contribution is 2.28. The van der Waals surface area contributed by atoms with Gasteiger partial charge in [0.05, 0.1) is 0 Å². The Morgan fingerprint density at radius 2 is 1.87 bits per heavy atom. The number of halogens is 1. The minimum atomic E-state index is 0.256. The first-order valence-electron chi connectivity index (χ1n) is 4.99. The molecule has 0 unspecified atom stereocenters. The lowest BCUT2D eigenvalue weighted by atomic mass is 10.0. The summed E-state index contributed by atoms with van der Waals surface area (Å²) in [7, 11) is 0. The molecule has 1 aliphatic carbocycles. The Balaban J connectivity index is 2.35. The van der Waals surface area contributed by atoms with Crippen molar-refractivity contribution in [1.29, 1.82) is 0 Å². The van der Waals surface area contributed by atoms with Gasteiger partial charge in [0.25, 0.3) is 0 Å². The van der Waals surface area contributed by atoms with Gasteiger partial charge in [0.1, 0.15) is 0 Å². The summed E-state index contributed by atoms with van der Waals surface area (Å²) in [5.74, 6) is 0.256. The van der Waals surface area contributed by atoms with Crippen molar-refractivity contribution in [2.24, 2.45) is 0 Å². The van der Waals surface area contributed by atoms with Crippen LogP contribution in [-0.2, 0) is 6.42 Å². The highest BCUT2D eigenvalue weighted by atomic mass is 35.5. The summed E-state index contributed by atoms with van der Waals surface area (Å²) in [4.78, 5) is 11.6. The molecule has 2 aromatic carbocycles. The van der Waals surface area contributed by atoms with Crippen LogP contribution < -0.4 is 0 Å². The zero-order chi connectivity index (χ0) is 10.4. The molecule has 0 N–H and O–H groups in total. The maximum Gasteiger partial charge on any atom is 0.163 e. The Labute approximate surface area is 92.7 Å². The van der Waals surface area contributed by atoms with Crippen molar-refractivity contribution < 1.29 is 4.79 Å². The van der Waals surface area contributed by atoms with Crippen LogP contribution in [0.15, 0.2) is 30.3 Å². The highest BCUT2D eigenvalue weighted by Gasteiger charge is 2.19. The molecule has 0 aromatic heterocycles. The maximum absolute atomic E-state index is 11.6. The van der Waals surface area contributed by atoms with Crippen LogP contribution in [-0.4, -0.2) is 5.78 Å². The van der Waals surface area contributed by atoms with Gasteiger partial charge in [-0.2, -0.15) is 0 Å². The van der Waals surface area contributed by atoms with Gasteiger partial charge in [0.2, 0.25) is 0 Å². The normalized spacial score (nSPS) is 14.6. The van der Waals surface area contributed by atoms with Crippen molar-refractivity contribution in [1.82, 2.24) is 0 Å². The quantitative estimate of drug-likeness (QED) is 0.657. The largest absolute Gasteiger partial charge is 0.294 e. The third kappa shape index (κ3) is 1.35. The lowest BCUT2D eigenvalue weighted by Gasteiger charge is -2.02. The zero-order valence-corrected chi connectivity index (χ0v) is 8.84. The molecule has 0 heterocycles. The summed E-state index contributed by atoms with van der Waals surface area (Å²) in [6.45, 7) is 0. The number of hydrogen-bond donors (Lipinski definition) is 0. The van der Waals surface area contributed by atoms with Gasteiger partial charge in [-0.1, -0.05) is 23.7 Å². The van der Waals surface area contributed by atoms with E-state index in [9.17, 15) is 4.79 Å². The van der Waals surface area contributed by atoms with Crippen molar-refractivity contribution in [3.05, 3.63) is 46.5 Å². The molecule has 0 saturated carbocycles. The van der Waals surface area contributed by atoms with E-state index in [4.69, 9.17) is 11.6 Å². The smallest absolute Gasteiger partial charge is 0.163 e. The van der Waals surface area contributed by atoms with E-state index < -0.39 is 0 Å². The number of ketones is 1. The Hall–Kier alpha value is -1.34. The van der Waals surface area contributed by atoms with E-state index in [1.165, 1.54) is 5.56 Å². The minimum Gasteiger partial charge on any atom is -0.294 e. The van der Waals surface area contributed by atoms with Crippen LogP contribution in [0.4, 0.5) is 0 Å². The fourth-order valence-electron chi connectivity index (χ4n) is 2.16. The summed E-state index contributed by atoms with van der Waals surface area (Å²) in [6, 6.07) is 9.86. The summed E-state index contributed by atoms with van der Waals surface area (Å²) in [5, 5.41) is 2.93. The average molecular weight is 217 g/mol. The third-order valence-corrected chi connectivity index (χ3v) is 3.18. The van der Waals surface area contributed by atoms with Crippen LogP contribution in [0.2, 0.25) is 5.02 Å². The van der Waals surface area contributed by atoms with Crippen molar-refractivity contribution in [3.63, 3.8) is 0 Å². The Kier molecular flexibility index (Phi) is 1.83. The van der Waals surface area contributed by atoms with Crippen LogP contribution >= 0.6 is 11.6 Å². The molecule has 2 aromatic rings. The van der Waals surface area contributed by atoms with Crippen LogP contribution in [0.5, 0.6) is 0 Å². The first kappa shape index (κ1) is 8.93. The molecule has 0 saturated heterocycles. The van der Waals surface area contributed by atoms with Crippen molar-refractivity contribution >= 4 is 28.2 Å². The van der Waals surface area contributed by atoms with E-state index in [2.05, 4.69) is 6.07 Å². The van der Waals surface area contributed by atoms with Gasteiger partial charge in [-0.05, 0) is 41.0 Å². The fraction of sp³-hybridized carbons (Fsp3) is 0.154. The molecule has 1 nitrogen and oxygen atoms in total. The van der Waals surface area contributed by atoms with Crippen LogP contribution in [0.25, 0.3) is 10.8 Å². The molecule has 3 rings (SSSR count). The number of benzene rings is 2. The van der Waals surface area contributed by atoms with Gasteiger partial charge in [-0.25, -0.2) is 0 Å². The SMILES string of the molecule is O=C1CCc2cc3ccc(Cl)cc3cc21. The average Bonchev–Trinajstić information content (AvgIpc) is 2.57. The van der Waals surface area contributed by atoms with Crippen LogP contribution in [0.3, 0.4) is 0 Å². The minimum absolute atomic E-state index is 0.256. The van der Waals surface area contributed by atoms with Gasteiger partial charge < -0.3 is 0 Å². The molecule has 0 spiro atoms. The predicted octanol–water partition coefficient (Wildman–Crippen LogP) is 3.62. The van der Waals surface area contributed by atoms with Crippen molar-refractivity contribution in [2.45, 2.75) is 12.8 Å². The lowest BCUT2D eigenvalue weighted by molar-refractivity contribution is 0.0994. The molecule has 0 atom stereocenters. The molecule has 0 amide bonds. The molecular formula is C13H9ClO. The predicted molar refractivity (Wildman–Crippen MR) is 61.6 cm³/mol. The van der Waals surface area contributed by atoms with Crippen molar-refractivity contribution in [3.8, 4) is 0 Å². The fourth-order valence-corrected chi connectivity index (χ4v) is 2.35. The molecular weight excluding hydrogens is 208 g/mol. The second-order valence-corrected chi connectivity index (χ2v) is 4.36. The van der Waals surface area contributed by atoms with E-state index in [-0.39, 0.29) is 5.78 Å². The van der Waals surface area contributed by atoms with E-state index in [1.807, 2.05) is 24.3 Å². The Morgan fingerprint density at radius 3 is 2.73 bits per heavy atom. The first-order chi connectivity index (χ1) is 7.24. The number of carbonyl (C=O) groups excluding carboxylic acids is 1. The molecule has 0 radical (unpaired) electrons. The van der Waals surface area contributed by atoms with Gasteiger partial charge in [-0.3, -0.25) is 4.79 Å². The van der Waals surface area contributed by atoms with Crippen molar-refractivity contribution in [2.75, 3.05) is 0 Å². The van der Waals surface area contributed by atoms with Gasteiger partial charge in [0.15, 0.2) is 5.78 Å². The summed E-state index contributed by atoms with van der Waals surface area (Å²) >= 11 is 5.92. The number of aryl methyl sites for hydroxylation is 1. The topological polar surface area (TPSA) is 17.1 Å². The van der Waals surface area contributed by atoms with Gasteiger partial charge in [0, 0.05) is 17.0 Å². The Morgan fingerprint density at radius 1 is 1.00 bits per heavy atom. The number of Topliss-reactive ketones (excluding diaryl/α,β-unsaturated/α-hetero) is 1. The van der Waals surface area contributed by atoms with Crippen LogP contribution in [0.1, 0.15) is 22.3 Å². The van der Waals surface area contributed by atoms with E-state index in [0.29, 0.717) is 11.4 Å². The zero-order valence-electron chi connectivity index (χ0n) is 8.09. The number of hydrogen-bond acceptors (Lipinski definition) is 1. The highest BCUT2D eigenvalue weighted by molar-refractivity contribution is 6.31. The Bertz CT molecular complexity index is 572. The van der Waals surface area contributed by atoms with Crippen LogP contribution in [0, 0.1) is 0 Å². The summed E-state index contributed by atoms with van der Waals surface area (Å²) in [5.41, 5.74) is 2.06. The third-order valence-electron chi connectivity index (χ3n) is 2.95. The first-order valence-corrected chi connectivity index (χ1v) is 5.37. The molecule has 0 aliphatic heterocycles.